The number of hydrogen-bond donors (Lipinski definition) is 1. The van der Waals surface area contributed by atoms with Gasteiger partial charge in [-0.3, -0.25) is 9.69 Å². The number of rotatable bonds is 5. The van der Waals surface area contributed by atoms with Gasteiger partial charge in [-0.05, 0) is 18.4 Å². The Morgan fingerprint density at radius 2 is 2.28 bits per heavy atom. The quantitative estimate of drug-likeness (QED) is 0.737. The van der Waals surface area contributed by atoms with Crippen molar-refractivity contribution in [2.45, 2.75) is 13.3 Å². The molecule has 5 nitrogen and oxygen atoms in total. The van der Waals surface area contributed by atoms with Crippen LogP contribution in [0.3, 0.4) is 0 Å². The zero-order chi connectivity index (χ0) is 13.0. The highest BCUT2D eigenvalue weighted by Gasteiger charge is 2.33. The molecule has 0 aromatic rings. The SMILES string of the molecule is COCCN1CCN(CC2(C)CCNC2)CC1=O. The number of nitrogens with one attached hydrogen (secondary N) is 1. The van der Waals surface area contributed by atoms with E-state index >= 15 is 0 Å². The number of methoxy groups -OCH3 is 1. The van der Waals surface area contributed by atoms with Gasteiger partial charge in [-0.1, -0.05) is 6.92 Å². The van der Waals surface area contributed by atoms with E-state index in [-0.39, 0.29) is 5.91 Å². The molecule has 0 bridgehead atoms. The number of nitrogens with zero attached hydrogens (tertiary/aromatic N) is 2. The number of ether oxygens (including phenoxy) is 1. The third-order valence-electron chi connectivity index (χ3n) is 4.03. The van der Waals surface area contributed by atoms with Gasteiger partial charge in [0.05, 0.1) is 13.2 Å². The van der Waals surface area contributed by atoms with Gasteiger partial charge in [0.25, 0.3) is 0 Å². The molecule has 0 spiro atoms. The minimum absolute atomic E-state index is 0.243. The molecule has 2 aliphatic rings. The van der Waals surface area contributed by atoms with Crippen LogP contribution in [0.2, 0.25) is 0 Å². The van der Waals surface area contributed by atoms with Crippen LogP contribution in [0.4, 0.5) is 0 Å². The molecule has 2 aliphatic heterocycles. The average Bonchev–Trinajstić information content (AvgIpc) is 2.75. The van der Waals surface area contributed by atoms with Gasteiger partial charge in [-0.25, -0.2) is 0 Å². The first kappa shape index (κ1) is 13.8. The summed E-state index contributed by atoms with van der Waals surface area (Å²) in [5.41, 5.74) is 0.342. The second kappa shape index (κ2) is 5.99. The van der Waals surface area contributed by atoms with Crippen molar-refractivity contribution in [1.82, 2.24) is 15.1 Å². The van der Waals surface area contributed by atoms with E-state index in [1.54, 1.807) is 7.11 Å². The lowest BCUT2D eigenvalue weighted by atomic mass is 9.89. The fourth-order valence-electron chi connectivity index (χ4n) is 2.87. The summed E-state index contributed by atoms with van der Waals surface area (Å²) >= 11 is 0. The normalized spacial score (nSPS) is 30.1. The average molecular weight is 255 g/mol. The summed E-state index contributed by atoms with van der Waals surface area (Å²) in [5, 5.41) is 3.41. The van der Waals surface area contributed by atoms with Gasteiger partial charge in [0.2, 0.25) is 5.91 Å². The monoisotopic (exact) mass is 255 g/mol. The smallest absolute Gasteiger partial charge is 0.236 e. The molecule has 104 valence electrons. The van der Waals surface area contributed by atoms with Gasteiger partial charge in [-0.15, -0.1) is 0 Å². The van der Waals surface area contributed by atoms with E-state index in [9.17, 15) is 4.79 Å². The Kier molecular flexibility index (Phi) is 4.59. The van der Waals surface area contributed by atoms with E-state index in [1.165, 1.54) is 6.42 Å². The van der Waals surface area contributed by atoms with E-state index in [0.29, 0.717) is 18.6 Å². The highest BCUT2D eigenvalue weighted by Crippen LogP contribution is 2.26. The van der Waals surface area contributed by atoms with Crippen molar-refractivity contribution in [3.63, 3.8) is 0 Å². The van der Waals surface area contributed by atoms with Crippen LogP contribution in [0.5, 0.6) is 0 Å². The molecule has 2 saturated heterocycles. The lowest BCUT2D eigenvalue weighted by molar-refractivity contribution is -0.137. The Morgan fingerprint density at radius 3 is 2.89 bits per heavy atom. The van der Waals surface area contributed by atoms with Crippen molar-refractivity contribution in [2.24, 2.45) is 5.41 Å². The van der Waals surface area contributed by atoms with Crippen LogP contribution in [0.25, 0.3) is 0 Å². The van der Waals surface area contributed by atoms with Crippen LogP contribution in [-0.4, -0.2) is 75.2 Å². The molecule has 2 heterocycles. The Hall–Kier alpha value is -0.650. The van der Waals surface area contributed by atoms with E-state index < -0.39 is 0 Å². The first-order valence-electron chi connectivity index (χ1n) is 6.83. The number of carbonyl (C=O) groups is 1. The number of piperazine rings is 1. The minimum Gasteiger partial charge on any atom is -0.383 e. The summed E-state index contributed by atoms with van der Waals surface area (Å²) in [7, 11) is 1.68. The molecule has 0 radical (unpaired) electrons. The molecular formula is C13H25N3O2. The molecule has 5 heteroatoms. The summed E-state index contributed by atoms with van der Waals surface area (Å²) in [5.74, 6) is 0.243. The van der Waals surface area contributed by atoms with Gasteiger partial charge in [-0.2, -0.15) is 0 Å². The topological polar surface area (TPSA) is 44.8 Å². The van der Waals surface area contributed by atoms with Crippen molar-refractivity contribution >= 4 is 5.91 Å². The van der Waals surface area contributed by atoms with Crippen molar-refractivity contribution in [1.29, 1.82) is 0 Å². The molecule has 18 heavy (non-hydrogen) atoms. The first-order valence-corrected chi connectivity index (χ1v) is 6.83. The predicted octanol–water partition coefficient (Wildman–Crippen LogP) is -0.223. The predicted molar refractivity (Wildman–Crippen MR) is 70.5 cm³/mol. The maximum atomic E-state index is 12.0. The molecular weight excluding hydrogens is 230 g/mol. The van der Waals surface area contributed by atoms with Crippen molar-refractivity contribution in [2.75, 3.05) is 59.5 Å². The molecule has 0 aliphatic carbocycles. The van der Waals surface area contributed by atoms with E-state index in [1.807, 2.05) is 4.90 Å². The third kappa shape index (κ3) is 3.43. The molecule has 0 saturated carbocycles. The lowest BCUT2D eigenvalue weighted by Crippen LogP contribution is -2.53. The first-order chi connectivity index (χ1) is 8.63. The van der Waals surface area contributed by atoms with Gasteiger partial charge >= 0.3 is 0 Å². The summed E-state index contributed by atoms with van der Waals surface area (Å²) in [4.78, 5) is 16.2. The van der Waals surface area contributed by atoms with Crippen LogP contribution in [-0.2, 0) is 9.53 Å². The van der Waals surface area contributed by atoms with Crippen LogP contribution in [0.1, 0.15) is 13.3 Å². The van der Waals surface area contributed by atoms with Crippen molar-refractivity contribution in [3.05, 3.63) is 0 Å². The fourth-order valence-corrected chi connectivity index (χ4v) is 2.87. The highest BCUT2D eigenvalue weighted by molar-refractivity contribution is 5.79. The van der Waals surface area contributed by atoms with Crippen molar-refractivity contribution in [3.8, 4) is 0 Å². The fraction of sp³-hybridized carbons (Fsp3) is 0.923. The molecule has 0 aromatic heterocycles. The maximum absolute atomic E-state index is 12.0. The second-order valence-corrected chi connectivity index (χ2v) is 5.82. The largest absolute Gasteiger partial charge is 0.383 e. The number of hydrogen-bond acceptors (Lipinski definition) is 4. The van der Waals surface area contributed by atoms with Crippen LogP contribution >= 0.6 is 0 Å². The molecule has 1 atom stereocenters. The van der Waals surface area contributed by atoms with E-state index in [0.717, 1.165) is 39.3 Å². The van der Waals surface area contributed by atoms with Gasteiger partial charge < -0.3 is 15.0 Å². The minimum atomic E-state index is 0.243. The molecule has 2 rings (SSSR count). The van der Waals surface area contributed by atoms with Crippen LogP contribution in [0, 0.1) is 5.41 Å². The molecule has 1 unspecified atom stereocenters. The third-order valence-corrected chi connectivity index (χ3v) is 4.03. The Labute approximate surface area is 109 Å². The molecule has 2 fully saturated rings. The van der Waals surface area contributed by atoms with Gasteiger partial charge in [0.1, 0.15) is 0 Å². The lowest BCUT2D eigenvalue weighted by Gasteiger charge is -2.38. The number of carbonyl (C=O) groups excluding carboxylic acids is 1. The van der Waals surface area contributed by atoms with Crippen LogP contribution in [0.15, 0.2) is 0 Å². The zero-order valence-electron chi connectivity index (χ0n) is 11.6. The molecule has 1 amide bonds. The number of amides is 1. The van der Waals surface area contributed by atoms with Crippen molar-refractivity contribution < 1.29 is 9.53 Å². The maximum Gasteiger partial charge on any atom is 0.236 e. The summed E-state index contributed by atoms with van der Waals surface area (Å²) in [6, 6.07) is 0. The zero-order valence-corrected chi connectivity index (χ0v) is 11.6. The summed E-state index contributed by atoms with van der Waals surface area (Å²) in [6.45, 7) is 9.29. The summed E-state index contributed by atoms with van der Waals surface area (Å²) in [6.07, 6.45) is 1.21. The molecule has 1 N–H and O–H groups in total. The molecule has 0 aromatic carbocycles. The summed E-state index contributed by atoms with van der Waals surface area (Å²) < 4.78 is 5.03. The second-order valence-electron chi connectivity index (χ2n) is 5.82. The van der Waals surface area contributed by atoms with Crippen LogP contribution < -0.4 is 5.32 Å². The van der Waals surface area contributed by atoms with E-state index in [4.69, 9.17) is 4.74 Å². The Morgan fingerprint density at radius 1 is 1.44 bits per heavy atom. The Balaban J connectivity index is 1.79. The van der Waals surface area contributed by atoms with E-state index in [2.05, 4.69) is 17.1 Å². The van der Waals surface area contributed by atoms with Gasteiger partial charge in [0.15, 0.2) is 0 Å². The Bertz CT molecular complexity index is 290. The van der Waals surface area contributed by atoms with Gasteiger partial charge in [0, 0.05) is 39.8 Å². The highest BCUT2D eigenvalue weighted by atomic mass is 16.5. The standard InChI is InChI=1S/C13H25N3O2/c1-13(3-4-14-10-13)11-15-5-6-16(7-8-18-2)12(17)9-15/h14H,3-11H2,1-2H3.